The molecule has 0 aliphatic heterocycles. The summed E-state index contributed by atoms with van der Waals surface area (Å²) < 4.78 is 8.22. The SMILES string of the molecule is CCOc1ccc2nc(NC(=O)c3cn(CC)c4nc(C)ccc4c3=O)sc2c1. The Labute approximate surface area is 171 Å². The number of aryl methyl sites for hydroxylation is 2. The van der Waals surface area contributed by atoms with Crippen molar-refractivity contribution in [3.63, 3.8) is 0 Å². The number of anilines is 1. The number of aromatic nitrogens is 3. The minimum absolute atomic E-state index is 0.0688. The molecule has 1 amide bonds. The zero-order valence-electron chi connectivity index (χ0n) is 16.4. The summed E-state index contributed by atoms with van der Waals surface area (Å²) in [5.41, 5.74) is 1.89. The van der Waals surface area contributed by atoms with Crippen molar-refractivity contribution in [1.82, 2.24) is 14.5 Å². The molecule has 0 aliphatic rings. The van der Waals surface area contributed by atoms with E-state index in [1.165, 1.54) is 11.3 Å². The fourth-order valence-electron chi connectivity index (χ4n) is 3.14. The first kappa shape index (κ1) is 19.1. The number of hydrogen-bond acceptors (Lipinski definition) is 6. The summed E-state index contributed by atoms with van der Waals surface area (Å²) in [6.07, 6.45) is 1.56. The molecule has 0 saturated heterocycles. The monoisotopic (exact) mass is 408 g/mol. The van der Waals surface area contributed by atoms with E-state index in [9.17, 15) is 9.59 Å². The number of pyridine rings is 2. The van der Waals surface area contributed by atoms with Gasteiger partial charge in [-0.1, -0.05) is 11.3 Å². The molecule has 7 nitrogen and oxygen atoms in total. The van der Waals surface area contributed by atoms with Gasteiger partial charge in [-0.3, -0.25) is 14.9 Å². The van der Waals surface area contributed by atoms with Gasteiger partial charge in [0.2, 0.25) is 5.43 Å². The Bertz CT molecular complexity index is 1290. The fraction of sp³-hybridized carbons (Fsp3) is 0.238. The lowest BCUT2D eigenvalue weighted by molar-refractivity contribution is 0.102. The zero-order chi connectivity index (χ0) is 20.5. The molecule has 148 valence electrons. The summed E-state index contributed by atoms with van der Waals surface area (Å²) >= 11 is 1.34. The van der Waals surface area contributed by atoms with Crippen LogP contribution in [0, 0.1) is 6.92 Å². The molecule has 0 fully saturated rings. The first-order valence-corrected chi connectivity index (χ1v) is 10.2. The van der Waals surface area contributed by atoms with E-state index >= 15 is 0 Å². The van der Waals surface area contributed by atoms with Crippen LogP contribution in [0.4, 0.5) is 5.13 Å². The fourth-order valence-corrected chi connectivity index (χ4v) is 4.03. The van der Waals surface area contributed by atoms with Crippen LogP contribution < -0.4 is 15.5 Å². The number of rotatable bonds is 5. The Balaban J connectivity index is 1.70. The first-order valence-electron chi connectivity index (χ1n) is 9.35. The summed E-state index contributed by atoms with van der Waals surface area (Å²) in [6.45, 7) is 6.91. The van der Waals surface area contributed by atoms with Gasteiger partial charge in [-0.15, -0.1) is 0 Å². The third-order valence-electron chi connectivity index (χ3n) is 4.54. The van der Waals surface area contributed by atoms with Crippen molar-refractivity contribution in [1.29, 1.82) is 0 Å². The summed E-state index contributed by atoms with van der Waals surface area (Å²) in [4.78, 5) is 34.6. The molecule has 29 heavy (non-hydrogen) atoms. The van der Waals surface area contributed by atoms with E-state index in [0.29, 0.717) is 29.3 Å². The molecule has 4 rings (SSSR count). The Morgan fingerprint density at radius 3 is 2.79 bits per heavy atom. The molecule has 0 aliphatic carbocycles. The van der Waals surface area contributed by atoms with Crippen LogP contribution in [0.25, 0.3) is 21.3 Å². The Kier molecular flexibility index (Phi) is 5.02. The predicted molar refractivity (Wildman–Crippen MR) is 115 cm³/mol. The van der Waals surface area contributed by atoms with Crippen molar-refractivity contribution in [2.24, 2.45) is 0 Å². The molecule has 0 radical (unpaired) electrons. The number of carbonyl (C=O) groups excluding carboxylic acids is 1. The molecular weight excluding hydrogens is 388 g/mol. The van der Waals surface area contributed by atoms with Crippen LogP contribution in [0.5, 0.6) is 5.75 Å². The molecule has 0 bridgehead atoms. The largest absolute Gasteiger partial charge is 0.494 e. The number of carbonyl (C=O) groups is 1. The average molecular weight is 408 g/mol. The molecule has 1 aromatic carbocycles. The highest BCUT2D eigenvalue weighted by atomic mass is 32.1. The van der Waals surface area contributed by atoms with Crippen LogP contribution in [-0.4, -0.2) is 27.0 Å². The van der Waals surface area contributed by atoms with Gasteiger partial charge >= 0.3 is 0 Å². The second-order valence-corrected chi connectivity index (χ2v) is 7.55. The lowest BCUT2D eigenvalue weighted by atomic mass is 10.1. The third-order valence-corrected chi connectivity index (χ3v) is 5.47. The molecule has 3 aromatic heterocycles. The van der Waals surface area contributed by atoms with Gasteiger partial charge in [0, 0.05) is 18.4 Å². The van der Waals surface area contributed by atoms with E-state index in [1.54, 1.807) is 18.3 Å². The highest BCUT2D eigenvalue weighted by molar-refractivity contribution is 7.22. The second kappa shape index (κ2) is 7.63. The number of fused-ring (bicyclic) bond motifs is 2. The van der Waals surface area contributed by atoms with Gasteiger partial charge in [0.05, 0.1) is 22.2 Å². The van der Waals surface area contributed by atoms with E-state index in [1.807, 2.05) is 43.5 Å². The molecule has 0 spiro atoms. The number of nitrogens with zero attached hydrogens (tertiary/aromatic N) is 3. The molecule has 0 atom stereocenters. The number of hydrogen-bond donors (Lipinski definition) is 1. The van der Waals surface area contributed by atoms with Crippen molar-refractivity contribution in [3.05, 3.63) is 58.0 Å². The third kappa shape index (κ3) is 3.58. The molecule has 3 heterocycles. The number of nitrogens with one attached hydrogen (secondary N) is 1. The van der Waals surface area contributed by atoms with Crippen molar-refractivity contribution < 1.29 is 9.53 Å². The summed E-state index contributed by atoms with van der Waals surface area (Å²) in [7, 11) is 0. The predicted octanol–water partition coefficient (Wildman–Crippen LogP) is 3.99. The highest BCUT2D eigenvalue weighted by Crippen LogP contribution is 2.29. The average Bonchev–Trinajstić information content (AvgIpc) is 3.09. The van der Waals surface area contributed by atoms with Gasteiger partial charge in [-0.05, 0) is 51.1 Å². The second-order valence-electron chi connectivity index (χ2n) is 6.52. The lowest BCUT2D eigenvalue weighted by Crippen LogP contribution is -2.24. The smallest absolute Gasteiger partial charge is 0.262 e. The molecule has 8 heteroatoms. The van der Waals surface area contributed by atoms with Crippen LogP contribution in [0.1, 0.15) is 29.9 Å². The van der Waals surface area contributed by atoms with Gasteiger partial charge in [0.15, 0.2) is 5.13 Å². The van der Waals surface area contributed by atoms with E-state index in [-0.39, 0.29) is 11.0 Å². The van der Waals surface area contributed by atoms with Gasteiger partial charge in [-0.25, -0.2) is 9.97 Å². The normalized spacial score (nSPS) is 11.1. The summed E-state index contributed by atoms with van der Waals surface area (Å²) in [5, 5.41) is 3.62. The standard InChI is InChI=1S/C21H20N4O3S/c1-4-25-11-15(18(26)14-8-6-12(3)22-19(14)25)20(27)24-21-23-16-9-7-13(28-5-2)10-17(16)29-21/h6-11H,4-5H2,1-3H3,(H,23,24,27). The number of benzene rings is 1. The van der Waals surface area contributed by atoms with Crippen LogP contribution in [0.15, 0.2) is 41.3 Å². The lowest BCUT2D eigenvalue weighted by Gasteiger charge is -2.11. The summed E-state index contributed by atoms with van der Waals surface area (Å²) in [6, 6.07) is 9.07. The van der Waals surface area contributed by atoms with Gasteiger partial charge < -0.3 is 9.30 Å². The maximum Gasteiger partial charge on any atom is 0.262 e. The van der Waals surface area contributed by atoms with Crippen LogP contribution in [-0.2, 0) is 6.54 Å². The summed E-state index contributed by atoms with van der Waals surface area (Å²) in [5.74, 6) is 0.272. The van der Waals surface area contributed by atoms with Crippen LogP contribution >= 0.6 is 11.3 Å². The number of ether oxygens (including phenoxy) is 1. The first-order chi connectivity index (χ1) is 14.0. The molecule has 0 saturated carbocycles. The highest BCUT2D eigenvalue weighted by Gasteiger charge is 2.17. The maximum atomic E-state index is 12.9. The molecule has 1 N–H and O–H groups in total. The molecule has 0 unspecified atom stereocenters. The topological polar surface area (TPSA) is 86.1 Å². The maximum absolute atomic E-state index is 12.9. The van der Waals surface area contributed by atoms with Crippen LogP contribution in [0.3, 0.4) is 0 Å². The molecule has 4 aromatic rings. The minimum atomic E-state index is -0.483. The Morgan fingerprint density at radius 2 is 2.03 bits per heavy atom. The van der Waals surface area contributed by atoms with E-state index in [0.717, 1.165) is 21.7 Å². The minimum Gasteiger partial charge on any atom is -0.494 e. The van der Waals surface area contributed by atoms with Gasteiger partial charge in [-0.2, -0.15) is 0 Å². The van der Waals surface area contributed by atoms with E-state index in [2.05, 4.69) is 15.3 Å². The van der Waals surface area contributed by atoms with Crippen molar-refractivity contribution in [3.8, 4) is 5.75 Å². The van der Waals surface area contributed by atoms with Gasteiger partial charge in [0.1, 0.15) is 17.0 Å². The van der Waals surface area contributed by atoms with Crippen molar-refractivity contribution in [2.45, 2.75) is 27.3 Å². The quantitative estimate of drug-likeness (QED) is 0.540. The molecular formula is C21H20N4O3S. The van der Waals surface area contributed by atoms with E-state index < -0.39 is 5.91 Å². The van der Waals surface area contributed by atoms with Crippen molar-refractivity contribution >= 4 is 43.6 Å². The van der Waals surface area contributed by atoms with Crippen LogP contribution in [0.2, 0.25) is 0 Å². The Morgan fingerprint density at radius 1 is 1.21 bits per heavy atom. The number of thiazole rings is 1. The Hall–Kier alpha value is -3.26. The van der Waals surface area contributed by atoms with Crippen molar-refractivity contribution in [2.75, 3.05) is 11.9 Å². The van der Waals surface area contributed by atoms with Gasteiger partial charge in [0.25, 0.3) is 5.91 Å². The van der Waals surface area contributed by atoms with E-state index in [4.69, 9.17) is 4.74 Å². The zero-order valence-corrected chi connectivity index (χ0v) is 17.2. The number of amides is 1.